The normalized spacial score (nSPS) is 18.6. The summed E-state index contributed by atoms with van der Waals surface area (Å²) in [7, 11) is -1.42. The molecule has 0 saturated heterocycles. The van der Waals surface area contributed by atoms with E-state index in [0.29, 0.717) is 24.3 Å². The highest BCUT2D eigenvalue weighted by Crippen LogP contribution is 2.32. The van der Waals surface area contributed by atoms with Crippen LogP contribution in [0, 0.1) is 11.7 Å². The summed E-state index contributed by atoms with van der Waals surface area (Å²) >= 11 is 0. The van der Waals surface area contributed by atoms with Crippen molar-refractivity contribution in [1.82, 2.24) is 4.98 Å². The van der Waals surface area contributed by atoms with E-state index in [2.05, 4.69) is 19.4 Å². The molecular weight excluding hydrogens is 451 g/mol. The first-order chi connectivity index (χ1) is 15.2. The highest BCUT2D eigenvalue weighted by Gasteiger charge is 2.27. The number of halogens is 3. The van der Waals surface area contributed by atoms with Crippen LogP contribution in [0.25, 0.3) is 0 Å². The van der Waals surface area contributed by atoms with Crippen molar-refractivity contribution in [1.29, 1.82) is 0 Å². The average Bonchev–Trinajstić information content (AvgIpc) is 3.06. The van der Waals surface area contributed by atoms with Crippen LogP contribution < -0.4 is 14.2 Å². The largest absolute Gasteiger partial charge is 0.497 e. The molecule has 0 spiro atoms. The van der Waals surface area contributed by atoms with Crippen LogP contribution in [0.5, 0.6) is 11.8 Å². The number of nitrogens with one attached hydrogen (secondary N) is 1. The van der Waals surface area contributed by atoms with Crippen LogP contribution in [-0.2, 0) is 14.8 Å². The van der Waals surface area contributed by atoms with Gasteiger partial charge in [-0.2, -0.15) is 4.98 Å². The molecule has 3 rings (SSSR count). The minimum Gasteiger partial charge on any atom is -0.497 e. The van der Waals surface area contributed by atoms with E-state index >= 15 is 0 Å². The molecule has 1 aromatic rings. The van der Waals surface area contributed by atoms with Gasteiger partial charge >= 0.3 is 0 Å². The number of pyridine rings is 1. The van der Waals surface area contributed by atoms with Gasteiger partial charge in [-0.3, -0.25) is 9.71 Å². The Morgan fingerprint density at radius 2 is 2.03 bits per heavy atom. The molecule has 0 fully saturated rings. The zero-order valence-electron chi connectivity index (χ0n) is 17.3. The Labute approximate surface area is 183 Å². The van der Waals surface area contributed by atoms with Gasteiger partial charge in [-0.1, -0.05) is 6.08 Å². The lowest BCUT2D eigenvalue weighted by Gasteiger charge is -2.15. The van der Waals surface area contributed by atoms with Crippen LogP contribution in [0.1, 0.15) is 19.3 Å². The van der Waals surface area contributed by atoms with E-state index in [4.69, 9.17) is 9.47 Å². The topological polar surface area (TPSA) is 99.1 Å². The molecule has 12 heteroatoms. The highest BCUT2D eigenvalue weighted by atomic mass is 32.2. The van der Waals surface area contributed by atoms with Crippen molar-refractivity contribution in [3.8, 4) is 11.8 Å². The molecule has 8 nitrogen and oxygen atoms in total. The van der Waals surface area contributed by atoms with Crippen molar-refractivity contribution in [2.45, 2.75) is 25.7 Å². The first-order valence-electron chi connectivity index (χ1n) is 9.60. The third kappa shape index (κ3) is 5.61. The van der Waals surface area contributed by atoms with Crippen LogP contribution in [0.15, 0.2) is 46.2 Å². The minimum atomic E-state index is -4.13. The molecule has 32 heavy (non-hydrogen) atoms. The van der Waals surface area contributed by atoms with Crippen LogP contribution in [0.4, 0.5) is 18.9 Å². The molecule has 1 aliphatic heterocycles. The van der Waals surface area contributed by atoms with Gasteiger partial charge in [0.25, 0.3) is 22.3 Å². The van der Waals surface area contributed by atoms with Crippen molar-refractivity contribution in [2.75, 3.05) is 25.5 Å². The molecule has 0 saturated carbocycles. The van der Waals surface area contributed by atoms with Crippen LogP contribution in [-0.4, -0.2) is 46.4 Å². The van der Waals surface area contributed by atoms with Gasteiger partial charge < -0.3 is 14.2 Å². The fourth-order valence-electron chi connectivity index (χ4n) is 3.19. The SMILES string of the molecule is COC1=CC2=NC=C(S(=O)(=O)Nc3cc(F)c(OCC(F)F)nc3OC)CCC2CC=C1. The van der Waals surface area contributed by atoms with Crippen molar-refractivity contribution in [3.63, 3.8) is 0 Å². The molecule has 1 atom stereocenters. The number of allylic oxidation sites excluding steroid dienone is 4. The maximum atomic E-state index is 14.2. The van der Waals surface area contributed by atoms with Crippen molar-refractivity contribution in [2.24, 2.45) is 10.9 Å². The van der Waals surface area contributed by atoms with Gasteiger partial charge in [0, 0.05) is 30.0 Å². The van der Waals surface area contributed by atoms with Gasteiger partial charge in [-0.15, -0.1) is 0 Å². The van der Waals surface area contributed by atoms with Gasteiger partial charge in [0.2, 0.25) is 5.88 Å². The number of nitrogens with zero attached hydrogens (tertiary/aromatic N) is 2. The molecule has 0 bridgehead atoms. The highest BCUT2D eigenvalue weighted by molar-refractivity contribution is 7.96. The third-order valence-electron chi connectivity index (χ3n) is 4.78. The Morgan fingerprint density at radius 3 is 2.72 bits per heavy atom. The zero-order valence-corrected chi connectivity index (χ0v) is 18.2. The van der Waals surface area contributed by atoms with Gasteiger partial charge in [0.05, 0.1) is 19.1 Å². The fraction of sp³-hybridized carbons (Fsp3) is 0.400. The second kappa shape index (κ2) is 10.1. The summed E-state index contributed by atoms with van der Waals surface area (Å²) in [4.78, 5) is 7.97. The lowest BCUT2D eigenvalue weighted by molar-refractivity contribution is 0.0770. The molecule has 1 aromatic heterocycles. The Bertz CT molecular complexity index is 1080. The molecular formula is C20H22F3N3O5S. The van der Waals surface area contributed by atoms with Crippen LogP contribution in [0.3, 0.4) is 0 Å². The van der Waals surface area contributed by atoms with E-state index in [1.54, 1.807) is 6.08 Å². The van der Waals surface area contributed by atoms with E-state index in [9.17, 15) is 21.6 Å². The molecule has 2 aliphatic rings. The van der Waals surface area contributed by atoms with Crippen LogP contribution in [0.2, 0.25) is 0 Å². The Hall–Kier alpha value is -3.02. The van der Waals surface area contributed by atoms with Gasteiger partial charge in [0.15, 0.2) is 12.4 Å². The summed E-state index contributed by atoms with van der Waals surface area (Å²) in [6.07, 6.45) is 5.36. The maximum absolute atomic E-state index is 14.2. The van der Waals surface area contributed by atoms with E-state index in [1.165, 1.54) is 20.4 Å². The van der Waals surface area contributed by atoms with Gasteiger partial charge in [-0.25, -0.2) is 21.6 Å². The number of hydrogen-bond acceptors (Lipinski definition) is 7. The van der Waals surface area contributed by atoms with E-state index in [-0.39, 0.29) is 28.8 Å². The number of methoxy groups -OCH3 is 2. The predicted octanol–water partition coefficient (Wildman–Crippen LogP) is 3.80. The number of hydrogen-bond donors (Lipinski definition) is 1. The number of alkyl halides is 2. The zero-order chi connectivity index (χ0) is 23.3. The first kappa shape index (κ1) is 23.6. The lowest BCUT2D eigenvalue weighted by Crippen LogP contribution is -2.17. The number of aliphatic imine (C=N–C) groups is 1. The molecule has 1 unspecified atom stereocenters. The Kier molecular flexibility index (Phi) is 7.44. The monoisotopic (exact) mass is 473 g/mol. The van der Waals surface area contributed by atoms with Crippen molar-refractivity contribution >= 4 is 21.4 Å². The number of anilines is 1. The van der Waals surface area contributed by atoms with Gasteiger partial charge in [-0.05, 0) is 25.3 Å². The van der Waals surface area contributed by atoms with Gasteiger partial charge in [0.1, 0.15) is 11.4 Å². The summed E-state index contributed by atoms with van der Waals surface area (Å²) in [5.41, 5.74) is 0.397. The molecule has 0 radical (unpaired) electrons. The van der Waals surface area contributed by atoms with E-state index in [1.807, 2.05) is 12.2 Å². The van der Waals surface area contributed by atoms with Crippen molar-refractivity contribution in [3.05, 3.63) is 47.0 Å². The second-order valence-electron chi connectivity index (χ2n) is 6.91. The predicted molar refractivity (Wildman–Crippen MR) is 112 cm³/mol. The lowest BCUT2D eigenvalue weighted by atomic mass is 9.95. The third-order valence-corrected chi connectivity index (χ3v) is 6.27. The molecule has 0 amide bonds. The minimum absolute atomic E-state index is 0.00471. The summed E-state index contributed by atoms with van der Waals surface area (Å²) < 4.78 is 81.8. The molecule has 0 aromatic carbocycles. The van der Waals surface area contributed by atoms with E-state index < -0.39 is 34.8 Å². The van der Waals surface area contributed by atoms with Crippen LogP contribution >= 0.6 is 0 Å². The second-order valence-corrected chi connectivity index (χ2v) is 8.65. The molecule has 2 heterocycles. The standard InChI is InChI=1S/C20H22F3N3O5S/c1-29-13-5-3-4-12-6-7-14(10-24-16(12)8-13)32(27,28)26-17-9-15(21)19(25-20(17)30-2)31-11-18(22)23/h3,5,8-10,12,18,26H,4,6-7,11H2,1-2H3. The smallest absolute Gasteiger partial charge is 0.272 e. The quantitative estimate of drug-likeness (QED) is 0.617. The maximum Gasteiger partial charge on any atom is 0.272 e. The first-order valence-corrected chi connectivity index (χ1v) is 11.1. The number of ether oxygens (including phenoxy) is 3. The molecule has 1 aliphatic carbocycles. The number of rotatable bonds is 8. The average molecular weight is 473 g/mol. The summed E-state index contributed by atoms with van der Waals surface area (Å²) in [5, 5.41) is 0. The Balaban J connectivity index is 1.85. The summed E-state index contributed by atoms with van der Waals surface area (Å²) in [6.45, 7) is -1.07. The fourth-order valence-corrected chi connectivity index (χ4v) is 4.33. The number of sulfonamides is 1. The Morgan fingerprint density at radius 1 is 1.25 bits per heavy atom. The molecule has 1 N–H and O–H groups in total. The number of aromatic nitrogens is 1. The van der Waals surface area contributed by atoms with Crippen molar-refractivity contribution < 1.29 is 35.8 Å². The van der Waals surface area contributed by atoms with E-state index in [0.717, 1.165) is 6.07 Å². The summed E-state index contributed by atoms with van der Waals surface area (Å²) in [5.74, 6) is -1.54. The molecule has 174 valence electrons. The summed E-state index contributed by atoms with van der Waals surface area (Å²) in [6, 6.07) is 0.760. The number of fused-ring (bicyclic) bond motifs is 1.